The highest BCUT2D eigenvalue weighted by Crippen LogP contribution is 2.17. The zero-order valence-corrected chi connectivity index (χ0v) is 13.0. The summed E-state index contributed by atoms with van der Waals surface area (Å²) in [6.45, 7) is 1.13. The van der Waals surface area contributed by atoms with Crippen LogP contribution in [0.3, 0.4) is 0 Å². The molecule has 21 heavy (non-hydrogen) atoms. The number of piperazine rings is 1. The van der Waals surface area contributed by atoms with Gasteiger partial charge < -0.3 is 4.74 Å². The first-order valence-electron chi connectivity index (χ1n) is 6.37. The van der Waals surface area contributed by atoms with Gasteiger partial charge in [0.2, 0.25) is 11.8 Å². The molecule has 1 N–H and O–H groups in total. The Bertz CT molecular complexity index is 532. The molecule has 1 atom stereocenters. The van der Waals surface area contributed by atoms with E-state index in [1.807, 2.05) is 0 Å². The second kappa shape index (κ2) is 6.96. The topological polar surface area (TPSA) is 113 Å². The number of methoxy groups -OCH3 is 1. The van der Waals surface area contributed by atoms with Gasteiger partial charge in [0.25, 0.3) is 10.2 Å². The molecule has 9 nitrogen and oxygen atoms in total. The number of nitrogens with one attached hydrogen (secondary N) is 1. The van der Waals surface area contributed by atoms with Crippen molar-refractivity contribution in [1.29, 1.82) is 0 Å². The standard InChI is InChI=1S/C11H19N3O6S/c1-4-8-11(17)12-9(15)7-14(8)21(18,19)13(2)6-5-10(16)20-3/h8H,4-7H2,1-3H3,(H,12,15,17). The molecular formula is C11H19N3O6S. The molecule has 10 heteroatoms. The van der Waals surface area contributed by atoms with Crippen LogP contribution in [-0.4, -0.2) is 68.1 Å². The molecule has 0 bridgehead atoms. The van der Waals surface area contributed by atoms with E-state index >= 15 is 0 Å². The van der Waals surface area contributed by atoms with Crippen molar-refractivity contribution in [3.8, 4) is 0 Å². The molecule has 1 saturated heterocycles. The van der Waals surface area contributed by atoms with E-state index in [1.54, 1.807) is 6.92 Å². The Morgan fingerprint density at radius 2 is 2.10 bits per heavy atom. The number of hydrogen-bond acceptors (Lipinski definition) is 6. The summed E-state index contributed by atoms with van der Waals surface area (Å²) < 4.78 is 31.1. The van der Waals surface area contributed by atoms with Crippen LogP contribution in [0.15, 0.2) is 0 Å². The fraction of sp³-hybridized carbons (Fsp3) is 0.727. The number of esters is 1. The van der Waals surface area contributed by atoms with E-state index in [4.69, 9.17) is 0 Å². The highest BCUT2D eigenvalue weighted by molar-refractivity contribution is 7.86. The van der Waals surface area contributed by atoms with Crippen LogP contribution < -0.4 is 5.32 Å². The van der Waals surface area contributed by atoms with Crippen LogP contribution in [-0.2, 0) is 29.3 Å². The summed E-state index contributed by atoms with van der Waals surface area (Å²) in [5.74, 6) is -1.86. The van der Waals surface area contributed by atoms with E-state index in [-0.39, 0.29) is 19.4 Å². The first kappa shape index (κ1) is 17.5. The van der Waals surface area contributed by atoms with E-state index in [0.29, 0.717) is 0 Å². The maximum Gasteiger partial charge on any atom is 0.306 e. The van der Waals surface area contributed by atoms with E-state index in [1.165, 1.54) is 14.2 Å². The first-order chi connectivity index (χ1) is 9.73. The van der Waals surface area contributed by atoms with Crippen molar-refractivity contribution in [2.24, 2.45) is 0 Å². The molecule has 0 aromatic carbocycles. The lowest BCUT2D eigenvalue weighted by Gasteiger charge is -2.34. The fourth-order valence-corrected chi connectivity index (χ4v) is 3.45. The summed E-state index contributed by atoms with van der Waals surface area (Å²) in [5.41, 5.74) is 0. The number of rotatable bonds is 6. The summed E-state index contributed by atoms with van der Waals surface area (Å²) >= 11 is 0. The van der Waals surface area contributed by atoms with Gasteiger partial charge in [0, 0.05) is 13.6 Å². The second-order valence-corrected chi connectivity index (χ2v) is 6.53. The lowest BCUT2D eigenvalue weighted by atomic mass is 10.2. The minimum atomic E-state index is -4.02. The van der Waals surface area contributed by atoms with E-state index in [9.17, 15) is 22.8 Å². The van der Waals surface area contributed by atoms with Gasteiger partial charge in [-0.15, -0.1) is 0 Å². The summed E-state index contributed by atoms with van der Waals surface area (Å²) in [4.78, 5) is 34.2. The zero-order chi connectivity index (χ0) is 16.2. The second-order valence-electron chi connectivity index (χ2n) is 4.54. The third kappa shape index (κ3) is 3.99. The smallest absolute Gasteiger partial charge is 0.306 e. The molecule has 0 spiro atoms. The zero-order valence-electron chi connectivity index (χ0n) is 12.2. The van der Waals surface area contributed by atoms with Crippen molar-refractivity contribution in [2.45, 2.75) is 25.8 Å². The monoisotopic (exact) mass is 321 g/mol. The van der Waals surface area contributed by atoms with Gasteiger partial charge >= 0.3 is 5.97 Å². The Morgan fingerprint density at radius 3 is 2.62 bits per heavy atom. The molecule has 1 unspecified atom stereocenters. The summed E-state index contributed by atoms with van der Waals surface area (Å²) in [7, 11) is -1.53. The lowest BCUT2D eigenvalue weighted by molar-refractivity contribution is -0.141. The molecular weight excluding hydrogens is 302 g/mol. The van der Waals surface area contributed by atoms with Gasteiger partial charge in [-0.25, -0.2) is 0 Å². The van der Waals surface area contributed by atoms with E-state index in [0.717, 1.165) is 8.61 Å². The molecule has 1 aliphatic heterocycles. The molecule has 1 aliphatic rings. The number of nitrogens with zero attached hydrogens (tertiary/aromatic N) is 2. The predicted molar refractivity (Wildman–Crippen MR) is 72.1 cm³/mol. The molecule has 0 saturated carbocycles. The Hall–Kier alpha value is -1.52. The molecule has 0 aromatic heterocycles. The molecule has 2 amide bonds. The van der Waals surface area contributed by atoms with Crippen LogP contribution in [0.2, 0.25) is 0 Å². The number of carbonyl (C=O) groups excluding carboxylic acids is 3. The molecule has 1 rings (SSSR count). The Balaban J connectivity index is 2.90. The predicted octanol–water partition coefficient (Wildman–Crippen LogP) is -1.54. The third-order valence-corrected chi connectivity index (χ3v) is 5.09. The molecule has 0 radical (unpaired) electrons. The van der Waals surface area contributed by atoms with E-state index < -0.39 is 40.6 Å². The first-order valence-corrected chi connectivity index (χ1v) is 7.77. The van der Waals surface area contributed by atoms with Crippen LogP contribution >= 0.6 is 0 Å². The summed E-state index contributed by atoms with van der Waals surface area (Å²) in [5, 5.41) is 2.10. The average molecular weight is 321 g/mol. The van der Waals surface area contributed by atoms with Crippen molar-refractivity contribution in [3.05, 3.63) is 0 Å². The van der Waals surface area contributed by atoms with Gasteiger partial charge in [0.1, 0.15) is 6.04 Å². The maximum absolute atomic E-state index is 12.4. The fourth-order valence-electron chi connectivity index (χ4n) is 1.92. The maximum atomic E-state index is 12.4. The quantitative estimate of drug-likeness (QED) is 0.469. The molecule has 1 heterocycles. The van der Waals surface area contributed by atoms with Gasteiger partial charge in [-0.3, -0.25) is 19.7 Å². The minimum absolute atomic E-state index is 0.0995. The SMILES string of the molecule is CCC1C(=O)NC(=O)CN1S(=O)(=O)N(C)CCC(=O)OC. The normalized spacial score (nSPS) is 20.5. The number of hydrogen-bond donors (Lipinski definition) is 1. The van der Waals surface area contributed by atoms with Gasteiger partial charge in [0.05, 0.1) is 20.1 Å². The minimum Gasteiger partial charge on any atom is -0.469 e. The Labute approximate surface area is 123 Å². The largest absolute Gasteiger partial charge is 0.469 e. The van der Waals surface area contributed by atoms with Crippen LogP contribution in [0.4, 0.5) is 0 Å². The molecule has 120 valence electrons. The van der Waals surface area contributed by atoms with E-state index in [2.05, 4.69) is 10.1 Å². The molecule has 0 aromatic rings. The van der Waals surface area contributed by atoms with Crippen molar-refractivity contribution in [3.63, 3.8) is 0 Å². The summed E-state index contributed by atoms with van der Waals surface area (Å²) in [6.07, 6.45) is 0.125. The number of amides is 2. The van der Waals surface area contributed by atoms with Crippen molar-refractivity contribution in [1.82, 2.24) is 13.9 Å². The van der Waals surface area contributed by atoms with Crippen LogP contribution in [0.1, 0.15) is 19.8 Å². The molecule has 1 fully saturated rings. The van der Waals surface area contributed by atoms with Gasteiger partial charge in [-0.05, 0) is 6.42 Å². The highest BCUT2D eigenvalue weighted by atomic mass is 32.2. The van der Waals surface area contributed by atoms with Crippen LogP contribution in [0.25, 0.3) is 0 Å². The van der Waals surface area contributed by atoms with Gasteiger partial charge in [0.15, 0.2) is 0 Å². The Kier molecular flexibility index (Phi) is 5.81. The Morgan fingerprint density at radius 1 is 1.48 bits per heavy atom. The van der Waals surface area contributed by atoms with Crippen molar-refractivity contribution >= 4 is 28.0 Å². The number of carbonyl (C=O) groups is 3. The highest BCUT2D eigenvalue weighted by Gasteiger charge is 2.41. The van der Waals surface area contributed by atoms with Gasteiger partial charge in [-0.2, -0.15) is 17.0 Å². The third-order valence-electron chi connectivity index (χ3n) is 3.15. The number of ether oxygens (including phenoxy) is 1. The van der Waals surface area contributed by atoms with Crippen molar-refractivity contribution in [2.75, 3.05) is 27.2 Å². The van der Waals surface area contributed by atoms with Gasteiger partial charge in [-0.1, -0.05) is 6.92 Å². The number of imide groups is 1. The van der Waals surface area contributed by atoms with Crippen LogP contribution in [0, 0.1) is 0 Å². The van der Waals surface area contributed by atoms with Crippen molar-refractivity contribution < 1.29 is 27.5 Å². The van der Waals surface area contributed by atoms with Crippen LogP contribution in [0.5, 0.6) is 0 Å². The molecule has 0 aliphatic carbocycles. The average Bonchev–Trinajstić information content (AvgIpc) is 2.43. The lowest BCUT2D eigenvalue weighted by Crippen LogP contribution is -2.61. The summed E-state index contributed by atoms with van der Waals surface area (Å²) in [6, 6.07) is -0.937.